The second-order valence-corrected chi connectivity index (χ2v) is 10.1. The van der Waals surface area contributed by atoms with Crippen molar-refractivity contribution in [1.82, 2.24) is 19.3 Å². The van der Waals surface area contributed by atoms with Gasteiger partial charge in [-0.1, -0.05) is 22.0 Å². The Morgan fingerprint density at radius 2 is 2.10 bits per heavy atom. The quantitative estimate of drug-likeness (QED) is 0.567. The number of hydrogen-bond acceptors (Lipinski definition) is 5. The third kappa shape index (κ3) is 5.21. The van der Waals surface area contributed by atoms with Gasteiger partial charge in [0, 0.05) is 53.8 Å². The molecule has 1 aliphatic rings. The average molecular weight is 513 g/mol. The van der Waals surface area contributed by atoms with Crippen LogP contribution in [0.4, 0.5) is 5.69 Å². The van der Waals surface area contributed by atoms with Crippen molar-refractivity contribution < 1.29 is 8.42 Å². The second kappa shape index (κ2) is 9.47. The number of halogens is 2. The minimum atomic E-state index is -3.42. The molecule has 0 fully saturated rings. The Morgan fingerprint density at radius 1 is 1.27 bits per heavy atom. The van der Waals surface area contributed by atoms with Crippen LogP contribution in [0.3, 0.4) is 0 Å². The summed E-state index contributed by atoms with van der Waals surface area (Å²) in [6, 6.07) is 11.5. The van der Waals surface area contributed by atoms with E-state index in [9.17, 15) is 8.42 Å². The van der Waals surface area contributed by atoms with Gasteiger partial charge in [0.05, 0.1) is 24.8 Å². The van der Waals surface area contributed by atoms with Crippen molar-refractivity contribution in [2.75, 3.05) is 17.7 Å². The second-order valence-electron chi connectivity index (χ2n) is 7.22. The van der Waals surface area contributed by atoms with Crippen molar-refractivity contribution >= 4 is 44.0 Å². The molecule has 0 radical (unpaired) electrons. The molecule has 4 rings (SSSR count). The lowest BCUT2D eigenvalue weighted by Crippen LogP contribution is -2.45. The molecule has 160 valence electrons. The highest BCUT2D eigenvalue weighted by molar-refractivity contribution is 9.10. The van der Waals surface area contributed by atoms with Gasteiger partial charge in [-0.25, -0.2) is 13.4 Å². The molecule has 0 aliphatic carbocycles. The molecule has 1 aromatic carbocycles. The molecule has 0 saturated carbocycles. The van der Waals surface area contributed by atoms with Crippen LogP contribution in [0.2, 0.25) is 0 Å². The Hall–Kier alpha value is -1.94. The van der Waals surface area contributed by atoms with Crippen LogP contribution in [0.15, 0.2) is 59.6 Å². The van der Waals surface area contributed by atoms with Crippen molar-refractivity contribution in [2.45, 2.75) is 25.6 Å². The smallest absolute Gasteiger partial charge is 0.211 e. The van der Waals surface area contributed by atoms with Crippen LogP contribution in [0, 0.1) is 0 Å². The first-order valence-electron chi connectivity index (χ1n) is 9.27. The van der Waals surface area contributed by atoms with Gasteiger partial charge in [-0.3, -0.25) is 4.98 Å². The molecule has 0 amide bonds. The molecule has 7 nitrogen and oxygen atoms in total. The van der Waals surface area contributed by atoms with E-state index in [1.54, 1.807) is 23.0 Å². The highest BCUT2D eigenvalue weighted by Gasteiger charge is 2.33. The number of aromatic amines is 1. The topological polar surface area (TPSA) is 82.2 Å². The van der Waals surface area contributed by atoms with Crippen LogP contribution in [0.5, 0.6) is 0 Å². The fourth-order valence-electron chi connectivity index (χ4n) is 3.77. The molecule has 0 bridgehead atoms. The number of pyridine rings is 1. The van der Waals surface area contributed by atoms with E-state index in [2.05, 4.69) is 35.8 Å². The first kappa shape index (κ1) is 22.7. The SMILES string of the molecule is CS(=O)(=O)N1Cc2cc(Br)ccc2N(Cc2cnc[nH]2)C[C@H]1Cc1ccccn1.Cl. The number of nitrogens with one attached hydrogen (secondary N) is 1. The Bertz CT molecular complexity index is 1080. The summed E-state index contributed by atoms with van der Waals surface area (Å²) in [5, 5.41) is 0. The zero-order chi connectivity index (χ0) is 20.4. The molecular formula is C20H23BrClN5O2S. The average Bonchev–Trinajstić information content (AvgIpc) is 3.13. The summed E-state index contributed by atoms with van der Waals surface area (Å²) in [6.45, 7) is 1.49. The number of fused-ring (bicyclic) bond motifs is 1. The molecule has 1 aliphatic heterocycles. The Labute approximate surface area is 191 Å². The molecule has 0 unspecified atom stereocenters. The minimum Gasteiger partial charge on any atom is -0.364 e. The van der Waals surface area contributed by atoms with Gasteiger partial charge >= 0.3 is 0 Å². The molecule has 2 aromatic heterocycles. The van der Waals surface area contributed by atoms with Crippen LogP contribution in [-0.4, -0.2) is 46.5 Å². The van der Waals surface area contributed by atoms with Crippen LogP contribution >= 0.6 is 28.3 Å². The van der Waals surface area contributed by atoms with E-state index in [0.717, 1.165) is 27.1 Å². The number of imidazole rings is 1. The van der Waals surface area contributed by atoms with Crippen LogP contribution in [0.1, 0.15) is 17.0 Å². The number of hydrogen-bond donors (Lipinski definition) is 1. The summed E-state index contributed by atoms with van der Waals surface area (Å²) < 4.78 is 28.0. The van der Waals surface area contributed by atoms with Gasteiger partial charge in [0.25, 0.3) is 0 Å². The number of H-pyrrole nitrogens is 1. The monoisotopic (exact) mass is 511 g/mol. The van der Waals surface area contributed by atoms with E-state index in [0.29, 0.717) is 26.1 Å². The third-order valence-electron chi connectivity index (χ3n) is 5.06. The van der Waals surface area contributed by atoms with Crippen molar-refractivity contribution in [1.29, 1.82) is 0 Å². The van der Waals surface area contributed by atoms with E-state index >= 15 is 0 Å². The molecule has 1 atom stereocenters. The predicted octanol–water partition coefficient (Wildman–Crippen LogP) is 3.38. The summed E-state index contributed by atoms with van der Waals surface area (Å²) in [4.78, 5) is 13.9. The molecule has 0 saturated heterocycles. The zero-order valence-corrected chi connectivity index (χ0v) is 19.6. The molecule has 1 N–H and O–H groups in total. The largest absolute Gasteiger partial charge is 0.364 e. The summed E-state index contributed by atoms with van der Waals surface area (Å²) in [6.07, 6.45) is 7.02. The maximum atomic E-state index is 12.7. The molecular weight excluding hydrogens is 490 g/mol. The van der Waals surface area contributed by atoms with Gasteiger partial charge in [-0.15, -0.1) is 12.4 Å². The summed E-state index contributed by atoms with van der Waals surface area (Å²) in [5.74, 6) is 0. The van der Waals surface area contributed by atoms with Crippen molar-refractivity contribution in [3.8, 4) is 0 Å². The van der Waals surface area contributed by atoms with Gasteiger partial charge < -0.3 is 9.88 Å². The van der Waals surface area contributed by atoms with E-state index in [-0.39, 0.29) is 18.4 Å². The number of nitrogens with zero attached hydrogens (tertiary/aromatic N) is 4. The van der Waals surface area contributed by atoms with Crippen LogP contribution < -0.4 is 4.90 Å². The number of benzene rings is 1. The van der Waals surface area contributed by atoms with Crippen LogP contribution in [0.25, 0.3) is 0 Å². The zero-order valence-electron chi connectivity index (χ0n) is 16.4. The Kier molecular flexibility index (Phi) is 7.18. The first-order valence-corrected chi connectivity index (χ1v) is 11.9. The van der Waals surface area contributed by atoms with Crippen molar-refractivity contribution in [2.24, 2.45) is 0 Å². The standard InChI is InChI=1S/C20H22BrN5O2S.ClH/c1-29(27,28)26-11-15-8-16(21)5-6-20(15)25(12-18-10-22-14-24-18)13-19(26)9-17-4-2-3-7-23-17;/h2-8,10,14,19H,9,11-13H2,1H3,(H,22,24);1H/t19-;/m1./s1. The fourth-order valence-corrected chi connectivity index (χ4v) is 5.24. The van der Waals surface area contributed by atoms with Gasteiger partial charge in [-0.05, 0) is 35.9 Å². The van der Waals surface area contributed by atoms with E-state index < -0.39 is 10.0 Å². The molecule has 3 aromatic rings. The highest BCUT2D eigenvalue weighted by Crippen LogP contribution is 2.32. The number of rotatable bonds is 5. The van der Waals surface area contributed by atoms with Gasteiger partial charge in [0.15, 0.2) is 0 Å². The summed E-state index contributed by atoms with van der Waals surface area (Å²) >= 11 is 3.52. The van der Waals surface area contributed by atoms with Crippen LogP contribution in [-0.2, 0) is 29.5 Å². The molecule has 30 heavy (non-hydrogen) atoms. The lowest BCUT2D eigenvalue weighted by Gasteiger charge is -2.31. The first-order chi connectivity index (χ1) is 13.9. The molecule has 3 heterocycles. The van der Waals surface area contributed by atoms with Crippen molar-refractivity contribution in [3.63, 3.8) is 0 Å². The third-order valence-corrected chi connectivity index (χ3v) is 6.83. The fraction of sp³-hybridized carbons (Fsp3) is 0.300. The van der Waals surface area contributed by atoms with Crippen molar-refractivity contribution in [3.05, 3.63) is 76.5 Å². The molecule has 0 spiro atoms. The summed E-state index contributed by atoms with van der Waals surface area (Å²) in [7, 11) is -3.42. The van der Waals surface area contributed by atoms with E-state index in [1.807, 2.05) is 36.4 Å². The normalized spacial score (nSPS) is 17.1. The maximum Gasteiger partial charge on any atom is 0.211 e. The lowest BCUT2D eigenvalue weighted by atomic mass is 10.1. The Morgan fingerprint density at radius 3 is 2.77 bits per heavy atom. The highest BCUT2D eigenvalue weighted by atomic mass is 79.9. The lowest BCUT2D eigenvalue weighted by molar-refractivity contribution is 0.318. The Balaban J connectivity index is 0.00000256. The summed E-state index contributed by atoms with van der Waals surface area (Å²) in [5.41, 5.74) is 3.84. The maximum absolute atomic E-state index is 12.7. The van der Waals surface area contributed by atoms with E-state index in [1.165, 1.54) is 6.26 Å². The number of aromatic nitrogens is 3. The van der Waals surface area contributed by atoms with E-state index in [4.69, 9.17) is 0 Å². The minimum absolute atomic E-state index is 0. The molecule has 10 heteroatoms. The predicted molar refractivity (Wildman–Crippen MR) is 123 cm³/mol. The number of sulfonamides is 1. The van der Waals surface area contributed by atoms with Gasteiger partial charge in [0.1, 0.15) is 0 Å². The van der Waals surface area contributed by atoms with Gasteiger partial charge in [-0.2, -0.15) is 4.31 Å². The van der Waals surface area contributed by atoms with Gasteiger partial charge in [0.2, 0.25) is 10.0 Å². The number of anilines is 1.